The van der Waals surface area contributed by atoms with Crippen molar-refractivity contribution in [2.75, 3.05) is 11.9 Å². The van der Waals surface area contributed by atoms with E-state index in [1.54, 1.807) is 19.1 Å². The Morgan fingerprint density at radius 2 is 2.00 bits per heavy atom. The Morgan fingerprint density at radius 3 is 2.73 bits per heavy atom. The molecule has 1 amide bonds. The summed E-state index contributed by atoms with van der Waals surface area (Å²) in [5.41, 5.74) is 3.03. The van der Waals surface area contributed by atoms with Gasteiger partial charge in [-0.25, -0.2) is 9.78 Å². The molecule has 3 aromatic rings. The number of hydrogen-bond acceptors (Lipinski definition) is 5. The summed E-state index contributed by atoms with van der Waals surface area (Å²) in [5, 5.41) is 8.09. The summed E-state index contributed by atoms with van der Waals surface area (Å²) in [6.07, 6.45) is 7.90. The van der Waals surface area contributed by atoms with E-state index in [0.717, 1.165) is 22.0 Å². The number of amides is 1. The van der Waals surface area contributed by atoms with Crippen molar-refractivity contribution in [3.05, 3.63) is 71.5 Å². The van der Waals surface area contributed by atoms with Crippen LogP contribution in [0.3, 0.4) is 0 Å². The summed E-state index contributed by atoms with van der Waals surface area (Å²) < 4.78 is 6.57. The number of aryl methyl sites for hydroxylation is 2. The fraction of sp³-hybridized carbons (Fsp3) is 0.217. The summed E-state index contributed by atoms with van der Waals surface area (Å²) >= 11 is 0. The van der Waals surface area contributed by atoms with Crippen LogP contribution in [0.25, 0.3) is 16.7 Å². The highest BCUT2D eigenvalue weighted by molar-refractivity contribution is 6.04. The van der Waals surface area contributed by atoms with Crippen LogP contribution in [-0.4, -0.2) is 33.2 Å². The number of rotatable bonds is 6. The number of para-hydroxylation sites is 1. The Kier molecular flexibility index (Phi) is 6.41. The number of hydrogen-bond donors (Lipinski definition) is 1. The summed E-state index contributed by atoms with van der Waals surface area (Å²) in [6, 6.07) is 7.85. The normalized spacial score (nSPS) is 11.5. The number of esters is 1. The van der Waals surface area contributed by atoms with Crippen molar-refractivity contribution in [3.63, 3.8) is 0 Å². The molecule has 2 aromatic heterocycles. The van der Waals surface area contributed by atoms with Crippen LogP contribution in [0.5, 0.6) is 0 Å². The van der Waals surface area contributed by atoms with Gasteiger partial charge >= 0.3 is 5.97 Å². The zero-order valence-electron chi connectivity index (χ0n) is 17.5. The average molecular weight is 404 g/mol. The number of pyridine rings is 1. The topological polar surface area (TPSA) is 86.1 Å². The van der Waals surface area contributed by atoms with Gasteiger partial charge in [0.15, 0.2) is 11.6 Å². The highest BCUT2D eigenvalue weighted by atomic mass is 16.5. The Labute approximate surface area is 175 Å². The molecule has 0 unspecified atom stereocenters. The Balaban J connectivity index is 2.12. The fourth-order valence-corrected chi connectivity index (χ4v) is 3.07. The van der Waals surface area contributed by atoms with Gasteiger partial charge in [-0.15, -0.1) is 0 Å². The standard InChI is InChI=1S/C23H24N4O3/c1-5-7-8-12-20(28)26-22-18(23(29)30-6-2)14-24-27(22)19-13-16(4)17-11-9-10-15(3)21(17)25-19/h5,7-14H,6H2,1-4H3,(H,26,28)/b7-5+,12-8+. The first kappa shape index (κ1) is 21.0. The number of anilines is 1. The summed E-state index contributed by atoms with van der Waals surface area (Å²) in [6.45, 7) is 7.76. The molecule has 0 aliphatic rings. The molecule has 7 heteroatoms. The molecule has 0 radical (unpaired) electrons. The van der Waals surface area contributed by atoms with Crippen molar-refractivity contribution >= 4 is 28.6 Å². The van der Waals surface area contributed by atoms with Crippen LogP contribution < -0.4 is 5.32 Å². The van der Waals surface area contributed by atoms with E-state index in [0.29, 0.717) is 5.82 Å². The second kappa shape index (κ2) is 9.17. The summed E-state index contributed by atoms with van der Waals surface area (Å²) in [7, 11) is 0. The van der Waals surface area contributed by atoms with Crippen LogP contribution in [0, 0.1) is 13.8 Å². The number of benzene rings is 1. The van der Waals surface area contributed by atoms with Crippen molar-refractivity contribution in [1.82, 2.24) is 14.8 Å². The van der Waals surface area contributed by atoms with Gasteiger partial charge < -0.3 is 10.1 Å². The number of allylic oxidation sites excluding steroid dienone is 3. The van der Waals surface area contributed by atoms with E-state index < -0.39 is 11.9 Å². The Morgan fingerprint density at radius 1 is 1.20 bits per heavy atom. The van der Waals surface area contributed by atoms with Crippen LogP contribution in [0.4, 0.5) is 5.82 Å². The van der Waals surface area contributed by atoms with Crippen LogP contribution in [-0.2, 0) is 9.53 Å². The number of nitrogens with one attached hydrogen (secondary N) is 1. The first-order valence-electron chi connectivity index (χ1n) is 9.69. The molecule has 1 aromatic carbocycles. The van der Waals surface area contributed by atoms with Gasteiger partial charge in [-0.3, -0.25) is 4.79 Å². The van der Waals surface area contributed by atoms with Crippen molar-refractivity contribution in [1.29, 1.82) is 0 Å². The van der Waals surface area contributed by atoms with Crippen LogP contribution in [0.15, 0.2) is 54.8 Å². The lowest BCUT2D eigenvalue weighted by atomic mass is 10.1. The van der Waals surface area contributed by atoms with Gasteiger partial charge in [0, 0.05) is 11.5 Å². The van der Waals surface area contributed by atoms with Gasteiger partial charge in [0.25, 0.3) is 0 Å². The van der Waals surface area contributed by atoms with Crippen LogP contribution >= 0.6 is 0 Å². The van der Waals surface area contributed by atoms with Gasteiger partial charge in [0.05, 0.1) is 18.3 Å². The molecule has 0 saturated carbocycles. The summed E-state index contributed by atoms with van der Waals surface area (Å²) in [5.74, 6) is -0.250. The molecule has 0 atom stereocenters. The first-order chi connectivity index (χ1) is 14.5. The minimum Gasteiger partial charge on any atom is -0.462 e. The van der Waals surface area contributed by atoms with E-state index in [1.165, 1.54) is 17.0 Å². The minimum atomic E-state index is -0.565. The van der Waals surface area contributed by atoms with Crippen molar-refractivity contribution < 1.29 is 14.3 Å². The van der Waals surface area contributed by atoms with E-state index in [2.05, 4.69) is 10.4 Å². The second-order valence-corrected chi connectivity index (χ2v) is 6.68. The summed E-state index contributed by atoms with van der Waals surface area (Å²) in [4.78, 5) is 29.5. The third-order valence-electron chi connectivity index (χ3n) is 4.51. The molecular weight excluding hydrogens is 380 g/mol. The van der Waals surface area contributed by atoms with Crippen molar-refractivity contribution in [2.45, 2.75) is 27.7 Å². The van der Waals surface area contributed by atoms with Crippen LogP contribution in [0.1, 0.15) is 35.3 Å². The van der Waals surface area contributed by atoms with Gasteiger partial charge in [0.2, 0.25) is 5.91 Å². The highest BCUT2D eigenvalue weighted by Crippen LogP contribution is 2.26. The third-order valence-corrected chi connectivity index (χ3v) is 4.51. The lowest BCUT2D eigenvalue weighted by molar-refractivity contribution is -0.111. The lowest BCUT2D eigenvalue weighted by Gasteiger charge is -2.12. The molecule has 1 N–H and O–H groups in total. The average Bonchev–Trinajstić information content (AvgIpc) is 3.12. The highest BCUT2D eigenvalue weighted by Gasteiger charge is 2.22. The zero-order chi connectivity index (χ0) is 21.7. The number of fused-ring (bicyclic) bond motifs is 1. The molecule has 0 saturated heterocycles. The molecule has 0 aliphatic carbocycles. The predicted octanol–water partition coefficient (Wildman–Crippen LogP) is 4.28. The zero-order valence-corrected chi connectivity index (χ0v) is 17.5. The quantitative estimate of drug-likeness (QED) is 0.376. The lowest BCUT2D eigenvalue weighted by Crippen LogP contribution is -2.16. The molecule has 30 heavy (non-hydrogen) atoms. The van der Waals surface area contributed by atoms with Crippen molar-refractivity contribution in [3.8, 4) is 5.82 Å². The maximum atomic E-state index is 12.4. The van der Waals surface area contributed by atoms with Crippen molar-refractivity contribution in [2.24, 2.45) is 0 Å². The monoisotopic (exact) mass is 404 g/mol. The fourth-order valence-electron chi connectivity index (χ4n) is 3.07. The molecule has 0 spiro atoms. The molecule has 0 fully saturated rings. The smallest absolute Gasteiger partial charge is 0.343 e. The number of carbonyl (C=O) groups is 2. The van der Waals surface area contributed by atoms with E-state index >= 15 is 0 Å². The molecule has 0 bridgehead atoms. The van der Waals surface area contributed by atoms with Gasteiger partial charge in [-0.05, 0) is 44.9 Å². The first-order valence-corrected chi connectivity index (χ1v) is 9.69. The molecule has 2 heterocycles. The number of ether oxygens (including phenoxy) is 1. The molecule has 154 valence electrons. The SMILES string of the molecule is C/C=C/C=C/C(=O)Nc1c(C(=O)OCC)cnn1-c1cc(C)c2cccc(C)c2n1. The second-order valence-electron chi connectivity index (χ2n) is 6.68. The van der Waals surface area contributed by atoms with Gasteiger partial charge in [0.1, 0.15) is 5.56 Å². The molecule has 3 rings (SSSR count). The van der Waals surface area contributed by atoms with E-state index in [9.17, 15) is 9.59 Å². The van der Waals surface area contributed by atoms with Gasteiger partial charge in [-0.2, -0.15) is 9.78 Å². The van der Waals surface area contributed by atoms with Crippen LogP contribution in [0.2, 0.25) is 0 Å². The van der Waals surface area contributed by atoms with E-state index in [-0.39, 0.29) is 18.0 Å². The number of aromatic nitrogens is 3. The number of carbonyl (C=O) groups excluding carboxylic acids is 2. The number of nitrogens with zero attached hydrogens (tertiary/aromatic N) is 3. The molecule has 7 nitrogen and oxygen atoms in total. The molecule has 0 aliphatic heterocycles. The van der Waals surface area contributed by atoms with E-state index in [4.69, 9.17) is 9.72 Å². The molecular formula is C23H24N4O3. The predicted molar refractivity (Wildman–Crippen MR) is 117 cm³/mol. The van der Waals surface area contributed by atoms with E-state index in [1.807, 2.05) is 51.1 Å². The van der Waals surface area contributed by atoms with Gasteiger partial charge in [-0.1, -0.05) is 36.4 Å². The Hall–Kier alpha value is -3.74. The largest absolute Gasteiger partial charge is 0.462 e. The Bertz CT molecular complexity index is 1160. The minimum absolute atomic E-state index is 0.161. The third kappa shape index (κ3) is 4.30. The maximum Gasteiger partial charge on any atom is 0.343 e. The maximum absolute atomic E-state index is 12.4.